The topological polar surface area (TPSA) is 72.2 Å². The maximum atomic E-state index is 11.3. The first kappa shape index (κ1) is 11.4. The van der Waals surface area contributed by atoms with Gasteiger partial charge in [-0.25, -0.2) is 0 Å². The Bertz CT molecular complexity index is 375. The third-order valence-corrected chi connectivity index (χ3v) is 1.97. The van der Waals surface area contributed by atoms with E-state index < -0.39 is 0 Å². The minimum atomic E-state index is -0.136. The van der Waals surface area contributed by atoms with Gasteiger partial charge in [0, 0.05) is 17.7 Å². The van der Waals surface area contributed by atoms with Gasteiger partial charge in [-0.3, -0.25) is 9.59 Å². The van der Waals surface area contributed by atoms with Crippen LogP contribution in [0.15, 0.2) is 24.3 Å². The summed E-state index contributed by atoms with van der Waals surface area (Å²) in [5.74, 6) is -0.213. The molecule has 0 atom stereocenters. The van der Waals surface area contributed by atoms with Crippen LogP contribution in [0.2, 0.25) is 0 Å². The molecule has 1 amide bonds. The van der Waals surface area contributed by atoms with E-state index in [0.29, 0.717) is 17.7 Å². The van der Waals surface area contributed by atoms with Crippen molar-refractivity contribution in [2.75, 3.05) is 11.9 Å². The number of carbonyl (C=O) groups excluding carboxylic acids is 2. The van der Waals surface area contributed by atoms with Gasteiger partial charge in [-0.05, 0) is 12.1 Å². The number of ketones is 1. The Balaban J connectivity index is 2.83. The van der Waals surface area contributed by atoms with Crippen molar-refractivity contribution in [2.45, 2.75) is 13.3 Å². The van der Waals surface area contributed by atoms with Gasteiger partial charge in [0.2, 0.25) is 5.91 Å². The van der Waals surface area contributed by atoms with E-state index in [1.165, 1.54) is 0 Å². The molecule has 0 saturated heterocycles. The van der Waals surface area contributed by atoms with Crippen LogP contribution in [0.1, 0.15) is 23.7 Å². The van der Waals surface area contributed by atoms with E-state index in [0.717, 1.165) is 0 Å². The number of carbonyl (C=O) groups is 2. The molecule has 0 unspecified atom stereocenters. The Morgan fingerprint density at radius 2 is 2.13 bits per heavy atom. The summed E-state index contributed by atoms with van der Waals surface area (Å²) < 4.78 is 0. The average Bonchev–Trinajstić information content (AvgIpc) is 2.28. The van der Waals surface area contributed by atoms with E-state index in [1.54, 1.807) is 31.2 Å². The number of hydrogen-bond donors (Lipinski definition) is 2. The Hall–Kier alpha value is -1.68. The Labute approximate surface area is 88.5 Å². The fourth-order valence-electron chi connectivity index (χ4n) is 1.14. The van der Waals surface area contributed by atoms with Crippen LogP contribution in [0.5, 0.6) is 0 Å². The van der Waals surface area contributed by atoms with Gasteiger partial charge in [-0.1, -0.05) is 19.1 Å². The smallest absolute Gasteiger partial charge is 0.224 e. The predicted octanol–water partition coefficient (Wildman–Crippen LogP) is 1.18. The molecule has 3 N–H and O–H groups in total. The van der Waals surface area contributed by atoms with E-state index in [1.807, 2.05) is 0 Å². The average molecular weight is 206 g/mol. The van der Waals surface area contributed by atoms with E-state index >= 15 is 0 Å². The number of nitrogens with two attached hydrogens (primary N) is 1. The summed E-state index contributed by atoms with van der Waals surface area (Å²) in [6.07, 6.45) is 0.412. The largest absolute Gasteiger partial charge is 0.326 e. The quantitative estimate of drug-likeness (QED) is 0.726. The molecule has 4 heteroatoms. The molecule has 0 aliphatic carbocycles. The van der Waals surface area contributed by atoms with Crippen molar-refractivity contribution in [3.8, 4) is 0 Å². The molecule has 0 aliphatic heterocycles. The lowest BCUT2D eigenvalue weighted by molar-refractivity contribution is -0.115. The van der Waals surface area contributed by atoms with Crippen LogP contribution < -0.4 is 11.1 Å². The van der Waals surface area contributed by atoms with Gasteiger partial charge in [0.25, 0.3) is 0 Å². The summed E-state index contributed by atoms with van der Waals surface area (Å²) >= 11 is 0. The SMILES string of the molecule is CCC(=O)Nc1cccc(C(=O)CN)c1. The van der Waals surface area contributed by atoms with Crippen LogP contribution in [-0.4, -0.2) is 18.2 Å². The summed E-state index contributed by atoms with van der Waals surface area (Å²) in [6.45, 7) is 1.75. The number of rotatable bonds is 4. The van der Waals surface area contributed by atoms with Crippen LogP contribution in [0, 0.1) is 0 Å². The number of Topliss-reactive ketones (excluding diaryl/α,β-unsaturated/α-hetero) is 1. The summed E-state index contributed by atoms with van der Waals surface area (Å²) in [7, 11) is 0. The first-order valence-electron chi connectivity index (χ1n) is 4.80. The molecule has 0 radical (unpaired) electrons. The zero-order chi connectivity index (χ0) is 11.3. The molecule has 0 aliphatic rings. The Kier molecular flexibility index (Phi) is 4.00. The third kappa shape index (κ3) is 3.18. The monoisotopic (exact) mass is 206 g/mol. The summed E-state index contributed by atoms with van der Waals surface area (Å²) in [5.41, 5.74) is 6.39. The molecule has 0 aromatic heterocycles. The van der Waals surface area contributed by atoms with Gasteiger partial charge < -0.3 is 11.1 Å². The molecule has 0 spiro atoms. The lowest BCUT2D eigenvalue weighted by Crippen LogP contribution is -2.14. The maximum Gasteiger partial charge on any atom is 0.224 e. The normalized spacial score (nSPS) is 9.73. The fourth-order valence-corrected chi connectivity index (χ4v) is 1.14. The van der Waals surface area contributed by atoms with Crippen LogP contribution in [0.4, 0.5) is 5.69 Å². The number of nitrogens with one attached hydrogen (secondary N) is 1. The van der Waals surface area contributed by atoms with Gasteiger partial charge in [0.15, 0.2) is 5.78 Å². The van der Waals surface area contributed by atoms with E-state index in [-0.39, 0.29) is 18.2 Å². The highest BCUT2D eigenvalue weighted by atomic mass is 16.1. The van der Waals surface area contributed by atoms with Gasteiger partial charge in [-0.2, -0.15) is 0 Å². The zero-order valence-corrected chi connectivity index (χ0v) is 8.62. The fraction of sp³-hybridized carbons (Fsp3) is 0.273. The van der Waals surface area contributed by atoms with Gasteiger partial charge in [-0.15, -0.1) is 0 Å². The van der Waals surface area contributed by atoms with E-state index in [2.05, 4.69) is 5.32 Å². The van der Waals surface area contributed by atoms with Crippen LogP contribution in [0.3, 0.4) is 0 Å². The molecule has 4 nitrogen and oxygen atoms in total. The van der Waals surface area contributed by atoms with E-state index in [4.69, 9.17) is 5.73 Å². The van der Waals surface area contributed by atoms with Crippen LogP contribution >= 0.6 is 0 Å². The third-order valence-electron chi connectivity index (χ3n) is 1.97. The molecule has 0 fully saturated rings. The lowest BCUT2D eigenvalue weighted by atomic mass is 10.1. The number of amides is 1. The highest BCUT2D eigenvalue weighted by molar-refractivity contribution is 5.99. The van der Waals surface area contributed by atoms with Crippen molar-refractivity contribution in [1.82, 2.24) is 0 Å². The molecule has 1 rings (SSSR count). The van der Waals surface area contributed by atoms with Crippen molar-refractivity contribution in [2.24, 2.45) is 5.73 Å². The number of benzene rings is 1. The second kappa shape index (κ2) is 5.26. The molecule has 0 bridgehead atoms. The predicted molar refractivity (Wildman–Crippen MR) is 58.7 cm³/mol. The minimum Gasteiger partial charge on any atom is -0.326 e. The number of hydrogen-bond acceptors (Lipinski definition) is 3. The lowest BCUT2D eigenvalue weighted by Gasteiger charge is -2.04. The molecular weight excluding hydrogens is 192 g/mol. The first-order valence-corrected chi connectivity index (χ1v) is 4.80. The van der Waals surface area contributed by atoms with Crippen molar-refractivity contribution in [3.05, 3.63) is 29.8 Å². The second-order valence-corrected chi connectivity index (χ2v) is 3.11. The van der Waals surface area contributed by atoms with Crippen molar-refractivity contribution < 1.29 is 9.59 Å². The molecule has 1 aromatic rings. The van der Waals surface area contributed by atoms with Crippen LogP contribution in [0.25, 0.3) is 0 Å². The Morgan fingerprint density at radius 3 is 2.73 bits per heavy atom. The standard InChI is InChI=1S/C11H14N2O2/c1-2-11(15)13-9-5-3-4-8(6-9)10(14)7-12/h3-6H,2,7,12H2,1H3,(H,13,15). The van der Waals surface area contributed by atoms with Crippen LogP contribution in [-0.2, 0) is 4.79 Å². The molecule has 0 heterocycles. The van der Waals surface area contributed by atoms with Crippen molar-refractivity contribution in [3.63, 3.8) is 0 Å². The minimum absolute atomic E-state index is 0.0226. The number of anilines is 1. The molecule has 1 aromatic carbocycles. The maximum absolute atomic E-state index is 11.3. The zero-order valence-electron chi connectivity index (χ0n) is 8.62. The summed E-state index contributed by atoms with van der Waals surface area (Å²) in [4.78, 5) is 22.4. The molecule has 0 saturated carbocycles. The molecule has 15 heavy (non-hydrogen) atoms. The molecule has 80 valence electrons. The van der Waals surface area contributed by atoms with Gasteiger partial charge in [0.1, 0.15) is 0 Å². The first-order chi connectivity index (χ1) is 7.17. The van der Waals surface area contributed by atoms with E-state index in [9.17, 15) is 9.59 Å². The van der Waals surface area contributed by atoms with Crippen molar-refractivity contribution in [1.29, 1.82) is 0 Å². The van der Waals surface area contributed by atoms with Gasteiger partial charge in [0.05, 0.1) is 6.54 Å². The summed E-state index contributed by atoms with van der Waals surface area (Å²) in [5, 5.41) is 2.68. The Morgan fingerprint density at radius 1 is 1.40 bits per heavy atom. The van der Waals surface area contributed by atoms with Crippen molar-refractivity contribution >= 4 is 17.4 Å². The molecular formula is C11H14N2O2. The highest BCUT2D eigenvalue weighted by Crippen LogP contribution is 2.11. The second-order valence-electron chi connectivity index (χ2n) is 3.11. The van der Waals surface area contributed by atoms with Gasteiger partial charge >= 0.3 is 0 Å². The summed E-state index contributed by atoms with van der Waals surface area (Å²) in [6, 6.07) is 6.76. The highest BCUT2D eigenvalue weighted by Gasteiger charge is 2.04.